The van der Waals surface area contributed by atoms with Crippen molar-refractivity contribution in [3.63, 3.8) is 0 Å². The average Bonchev–Trinajstić information content (AvgIpc) is 3.51. The van der Waals surface area contributed by atoms with E-state index in [2.05, 4.69) is 22.2 Å². The number of ether oxygens (including phenoxy) is 2. The third-order valence-electron chi connectivity index (χ3n) is 7.03. The minimum absolute atomic E-state index is 0.0675. The van der Waals surface area contributed by atoms with Crippen LogP contribution in [0.15, 0.2) is 66.2 Å². The van der Waals surface area contributed by atoms with E-state index in [0.29, 0.717) is 18.0 Å². The maximum absolute atomic E-state index is 12.4. The van der Waals surface area contributed by atoms with Crippen molar-refractivity contribution in [3.05, 3.63) is 77.9 Å². The van der Waals surface area contributed by atoms with E-state index < -0.39 is 5.37 Å². The summed E-state index contributed by atoms with van der Waals surface area (Å²) in [4.78, 5) is 32.4. The molecule has 1 aliphatic carbocycles. The first-order valence-corrected chi connectivity index (χ1v) is 14.5. The molecule has 40 heavy (non-hydrogen) atoms. The molecule has 0 saturated heterocycles. The molecule has 2 aliphatic rings. The predicted octanol–water partition coefficient (Wildman–Crippen LogP) is 5.32. The zero-order chi connectivity index (χ0) is 27.9. The van der Waals surface area contributed by atoms with Crippen LogP contribution >= 0.6 is 11.8 Å². The molecular formula is C30H33N5O4S. The number of aromatic nitrogens is 2. The molecule has 10 heteroatoms. The number of hydrogen-bond acceptors (Lipinski definition) is 9. The molecule has 2 unspecified atom stereocenters. The number of rotatable bonds is 10. The minimum Gasteiger partial charge on any atom is -0.493 e. The first-order chi connectivity index (χ1) is 19.6. The summed E-state index contributed by atoms with van der Waals surface area (Å²) in [6.45, 7) is 2.55. The van der Waals surface area contributed by atoms with Gasteiger partial charge >= 0.3 is 0 Å². The molecule has 9 nitrogen and oxygen atoms in total. The number of carbonyl (C=O) groups excluding carboxylic acids is 2. The summed E-state index contributed by atoms with van der Waals surface area (Å²) < 4.78 is 11.9. The number of thioether (sulfide) groups is 1. The highest BCUT2D eigenvalue weighted by Crippen LogP contribution is 2.37. The van der Waals surface area contributed by atoms with Crippen molar-refractivity contribution in [2.45, 2.75) is 62.3 Å². The zero-order valence-electron chi connectivity index (χ0n) is 22.7. The molecule has 2 atom stereocenters. The van der Waals surface area contributed by atoms with Crippen LogP contribution in [0.5, 0.6) is 11.5 Å². The lowest BCUT2D eigenvalue weighted by Crippen LogP contribution is -2.39. The molecule has 0 radical (unpaired) electrons. The van der Waals surface area contributed by atoms with Gasteiger partial charge in [-0.2, -0.15) is 5.10 Å². The summed E-state index contributed by atoms with van der Waals surface area (Å²) >= 11 is 1.60. The maximum Gasteiger partial charge on any atom is 0.275 e. The van der Waals surface area contributed by atoms with Gasteiger partial charge in [0, 0.05) is 23.6 Å². The van der Waals surface area contributed by atoms with Gasteiger partial charge in [0.2, 0.25) is 0 Å². The fourth-order valence-electron chi connectivity index (χ4n) is 4.93. The van der Waals surface area contributed by atoms with Gasteiger partial charge in [-0.25, -0.2) is 4.98 Å². The van der Waals surface area contributed by atoms with Gasteiger partial charge in [-0.05, 0) is 68.0 Å². The zero-order valence-corrected chi connectivity index (χ0v) is 23.5. The van der Waals surface area contributed by atoms with E-state index in [0.717, 1.165) is 48.1 Å². The van der Waals surface area contributed by atoms with Crippen LogP contribution in [0.2, 0.25) is 0 Å². The van der Waals surface area contributed by atoms with Gasteiger partial charge in [-0.15, -0.1) is 11.8 Å². The van der Waals surface area contributed by atoms with Crippen molar-refractivity contribution in [2.24, 2.45) is 5.10 Å². The number of anilines is 1. The Morgan fingerprint density at radius 2 is 1.93 bits per heavy atom. The van der Waals surface area contributed by atoms with Crippen LogP contribution in [-0.2, 0) is 11.3 Å². The van der Waals surface area contributed by atoms with Crippen LogP contribution in [0.3, 0.4) is 0 Å². The SMILES string of the molecule is CCC1SC(C=O)N(Cc2ccc(NC(=O)c3cnccn3)cc2)N=C1c1ccc(OC)c(OC2CCCC2)c1. The number of amides is 1. The molecule has 1 fully saturated rings. The Morgan fingerprint density at radius 1 is 1.12 bits per heavy atom. The quantitative estimate of drug-likeness (QED) is 0.333. The van der Waals surface area contributed by atoms with Crippen molar-refractivity contribution in [2.75, 3.05) is 12.4 Å². The van der Waals surface area contributed by atoms with Crippen LogP contribution < -0.4 is 14.8 Å². The van der Waals surface area contributed by atoms with E-state index in [1.807, 2.05) is 47.5 Å². The lowest BCUT2D eigenvalue weighted by atomic mass is 10.0. The summed E-state index contributed by atoms with van der Waals surface area (Å²) in [5.41, 5.74) is 3.72. The van der Waals surface area contributed by atoms with Crippen LogP contribution in [0, 0.1) is 0 Å². The molecule has 2 heterocycles. The summed E-state index contributed by atoms with van der Waals surface area (Å²) in [5.74, 6) is 1.12. The van der Waals surface area contributed by atoms with E-state index in [1.54, 1.807) is 18.9 Å². The van der Waals surface area contributed by atoms with Crippen molar-refractivity contribution < 1.29 is 19.1 Å². The number of nitrogens with zero attached hydrogens (tertiary/aromatic N) is 4. The number of hydrogen-bond donors (Lipinski definition) is 1. The van der Waals surface area contributed by atoms with Gasteiger partial charge in [0.25, 0.3) is 5.91 Å². The van der Waals surface area contributed by atoms with Crippen LogP contribution in [0.1, 0.15) is 60.6 Å². The van der Waals surface area contributed by atoms with Crippen LogP contribution in [0.25, 0.3) is 0 Å². The highest BCUT2D eigenvalue weighted by molar-refractivity contribution is 8.01. The average molecular weight is 560 g/mol. The van der Waals surface area contributed by atoms with Crippen molar-refractivity contribution in [1.82, 2.24) is 15.0 Å². The van der Waals surface area contributed by atoms with Gasteiger partial charge in [-0.1, -0.05) is 19.1 Å². The number of benzene rings is 2. The third kappa shape index (κ3) is 6.44. The number of aldehydes is 1. The second kappa shape index (κ2) is 13.0. The lowest BCUT2D eigenvalue weighted by Gasteiger charge is -2.35. The molecule has 1 N–H and O–H groups in total. The van der Waals surface area contributed by atoms with Gasteiger partial charge in [-0.3, -0.25) is 14.8 Å². The second-order valence-electron chi connectivity index (χ2n) is 9.77. The highest BCUT2D eigenvalue weighted by Gasteiger charge is 2.32. The van der Waals surface area contributed by atoms with Crippen molar-refractivity contribution in [3.8, 4) is 11.5 Å². The standard InChI is InChI=1S/C30H33N5O4S/c1-3-27-29(21-10-13-25(38-2)26(16-21)39-23-6-4-5-7-23)34-35(28(19-36)40-27)18-20-8-11-22(12-9-20)33-30(37)24-17-31-14-15-32-24/h8-17,19,23,27-28H,3-7,18H2,1-2H3,(H,33,37). The Morgan fingerprint density at radius 3 is 2.60 bits per heavy atom. The molecule has 5 rings (SSSR count). The van der Waals surface area contributed by atoms with Gasteiger partial charge in [0.1, 0.15) is 11.1 Å². The molecule has 1 amide bonds. The Bertz CT molecular complexity index is 1350. The Labute approximate surface area is 238 Å². The van der Waals surface area contributed by atoms with E-state index >= 15 is 0 Å². The monoisotopic (exact) mass is 559 g/mol. The molecule has 0 spiro atoms. The van der Waals surface area contributed by atoms with Gasteiger partial charge in [0.15, 0.2) is 17.8 Å². The Balaban J connectivity index is 1.35. The van der Waals surface area contributed by atoms with E-state index in [1.165, 1.54) is 31.4 Å². The van der Waals surface area contributed by atoms with Gasteiger partial charge < -0.3 is 19.6 Å². The van der Waals surface area contributed by atoms with E-state index in [4.69, 9.17) is 14.6 Å². The fraction of sp³-hybridized carbons (Fsp3) is 0.367. The summed E-state index contributed by atoms with van der Waals surface area (Å²) in [6.07, 6.45) is 10.9. The molecule has 208 valence electrons. The Kier molecular flexibility index (Phi) is 8.95. The van der Waals surface area contributed by atoms with Crippen LogP contribution in [0.4, 0.5) is 5.69 Å². The molecule has 0 bridgehead atoms. The summed E-state index contributed by atoms with van der Waals surface area (Å²) in [7, 11) is 1.65. The largest absolute Gasteiger partial charge is 0.493 e. The summed E-state index contributed by atoms with van der Waals surface area (Å²) in [6, 6.07) is 13.5. The second-order valence-corrected chi connectivity index (χ2v) is 11.1. The summed E-state index contributed by atoms with van der Waals surface area (Å²) in [5, 5.41) is 9.32. The van der Waals surface area contributed by atoms with Crippen molar-refractivity contribution in [1.29, 1.82) is 0 Å². The predicted molar refractivity (Wildman–Crippen MR) is 156 cm³/mol. The minimum atomic E-state index is -0.405. The molecule has 1 aliphatic heterocycles. The molecule has 3 aromatic rings. The first kappa shape index (κ1) is 27.6. The van der Waals surface area contributed by atoms with E-state index in [9.17, 15) is 9.59 Å². The Hall–Kier alpha value is -3.92. The molecule has 2 aromatic carbocycles. The topological polar surface area (TPSA) is 106 Å². The molecule has 1 saturated carbocycles. The van der Waals surface area contributed by atoms with Crippen molar-refractivity contribution >= 4 is 35.4 Å². The molecular weight excluding hydrogens is 526 g/mol. The van der Waals surface area contributed by atoms with Gasteiger partial charge in [0.05, 0.1) is 36.9 Å². The van der Waals surface area contributed by atoms with E-state index in [-0.39, 0.29) is 23.0 Å². The number of nitrogens with one attached hydrogen (secondary N) is 1. The first-order valence-electron chi connectivity index (χ1n) is 13.5. The number of methoxy groups -OCH3 is 1. The van der Waals surface area contributed by atoms with Crippen LogP contribution in [-0.4, -0.2) is 56.7 Å². The number of carbonyl (C=O) groups is 2. The third-order valence-corrected chi connectivity index (χ3v) is 8.55. The maximum atomic E-state index is 12.4. The fourth-order valence-corrected chi connectivity index (χ4v) is 6.10. The normalized spacial score (nSPS) is 19.1. The number of hydrazone groups is 1. The lowest BCUT2D eigenvalue weighted by molar-refractivity contribution is -0.110. The highest BCUT2D eigenvalue weighted by atomic mass is 32.2. The smallest absolute Gasteiger partial charge is 0.275 e. The molecule has 1 aromatic heterocycles.